The van der Waals surface area contributed by atoms with E-state index in [0.29, 0.717) is 0 Å². The Morgan fingerprint density at radius 3 is 2.59 bits per heavy atom. The number of hydrogen-bond acceptors (Lipinski definition) is 4. The third kappa shape index (κ3) is 2.87. The average molecular weight is 228 g/mol. The van der Waals surface area contributed by atoms with Gasteiger partial charge in [-0.2, -0.15) is 0 Å². The van der Waals surface area contributed by atoms with Gasteiger partial charge in [0.1, 0.15) is 0 Å². The van der Waals surface area contributed by atoms with Crippen molar-refractivity contribution in [2.45, 2.75) is 6.42 Å². The molecular weight excluding hydrogens is 216 g/mol. The lowest BCUT2D eigenvalue weighted by Crippen LogP contribution is -2.04. The van der Waals surface area contributed by atoms with Crippen LogP contribution in [0.15, 0.2) is 42.7 Å². The number of methoxy groups -OCH3 is 1. The van der Waals surface area contributed by atoms with Crippen molar-refractivity contribution in [3.05, 3.63) is 48.3 Å². The van der Waals surface area contributed by atoms with E-state index in [0.717, 1.165) is 17.0 Å². The molecule has 0 unspecified atom stereocenters. The Labute approximate surface area is 99.3 Å². The van der Waals surface area contributed by atoms with Crippen LogP contribution in [0.25, 0.3) is 11.4 Å². The number of ether oxygens (including phenoxy) is 1. The predicted molar refractivity (Wildman–Crippen MR) is 63.2 cm³/mol. The normalized spacial score (nSPS) is 9.94. The number of aromatic nitrogens is 2. The Morgan fingerprint density at radius 2 is 2.00 bits per heavy atom. The van der Waals surface area contributed by atoms with Crippen LogP contribution >= 0.6 is 0 Å². The highest BCUT2D eigenvalue weighted by Gasteiger charge is 2.04. The van der Waals surface area contributed by atoms with Gasteiger partial charge in [0, 0.05) is 12.4 Å². The lowest BCUT2D eigenvalue weighted by atomic mass is 10.1. The van der Waals surface area contributed by atoms with Crippen molar-refractivity contribution in [3.8, 4) is 11.4 Å². The first-order valence-electron chi connectivity index (χ1n) is 5.23. The van der Waals surface area contributed by atoms with Crippen LogP contribution in [0.2, 0.25) is 0 Å². The van der Waals surface area contributed by atoms with Crippen molar-refractivity contribution in [1.29, 1.82) is 0 Å². The fourth-order valence-electron chi connectivity index (χ4n) is 1.43. The van der Waals surface area contributed by atoms with E-state index in [9.17, 15) is 4.79 Å². The molecule has 0 spiro atoms. The minimum Gasteiger partial charge on any atom is -0.469 e. The van der Waals surface area contributed by atoms with Crippen LogP contribution in [0.5, 0.6) is 0 Å². The van der Waals surface area contributed by atoms with E-state index in [4.69, 9.17) is 0 Å². The van der Waals surface area contributed by atoms with E-state index in [1.165, 1.54) is 7.11 Å². The van der Waals surface area contributed by atoms with E-state index >= 15 is 0 Å². The van der Waals surface area contributed by atoms with Gasteiger partial charge in [-0.25, -0.2) is 0 Å². The molecule has 0 aliphatic rings. The Morgan fingerprint density at radius 1 is 1.18 bits per heavy atom. The summed E-state index contributed by atoms with van der Waals surface area (Å²) in [5, 5.41) is 0. The van der Waals surface area contributed by atoms with Crippen molar-refractivity contribution in [3.63, 3.8) is 0 Å². The first kappa shape index (κ1) is 11.3. The van der Waals surface area contributed by atoms with Crippen LogP contribution in [-0.4, -0.2) is 23.0 Å². The zero-order valence-corrected chi connectivity index (χ0v) is 9.46. The monoisotopic (exact) mass is 228 g/mol. The van der Waals surface area contributed by atoms with Crippen LogP contribution in [-0.2, 0) is 16.0 Å². The highest BCUT2D eigenvalue weighted by atomic mass is 16.5. The van der Waals surface area contributed by atoms with Crippen molar-refractivity contribution in [2.24, 2.45) is 0 Å². The molecular formula is C13H12N2O2. The number of hydrogen-bond donors (Lipinski definition) is 0. The van der Waals surface area contributed by atoms with Gasteiger partial charge >= 0.3 is 5.97 Å². The SMILES string of the molecule is COC(=O)Cc1ccc(-c2ccccn2)nc1. The predicted octanol–water partition coefficient (Wildman–Crippen LogP) is 1.86. The molecule has 0 radical (unpaired) electrons. The summed E-state index contributed by atoms with van der Waals surface area (Å²) in [5.74, 6) is -0.266. The van der Waals surface area contributed by atoms with E-state index in [1.807, 2.05) is 30.3 Å². The Kier molecular flexibility index (Phi) is 3.45. The molecule has 0 N–H and O–H groups in total. The summed E-state index contributed by atoms with van der Waals surface area (Å²) in [6.07, 6.45) is 3.63. The summed E-state index contributed by atoms with van der Waals surface area (Å²) in [6, 6.07) is 9.36. The summed E-state index contributed by atoms with van der Waals surface area (Å²) < 4.78 is 4.59. The van der Waals surface area contributed by atoms with Crippen LogP contribution in [0.3, 0.4) is 0 Å². The summed E-state index contributed by atoms with van der Waals surface area (Å²) in [5.41, 5.74) is 2.44. The number of rotatable bonds is 3. The molecule has 2 heterocycles. The molecule has 86 valence electrons. The molecule has 2 aromatic rings. The topological polar surface area (TPSA) is 52.1 Å². The first-order valence-corrected chi connectivity index (χ1v) is 5.23. The minimum absolute atomic E-state index is 0.242. The standard InChI is InChI=1S/C13H12N2O2/c1-17-13(16)8-10-5-6-12(15-9-10)11-4-2-3-7-14-11/h2-7,9H,8H2,1H3. The van der Waals surface area contributed by atoms with Crippen molar-refractivity contribution in [1.82, 2.24) is 9.97 Å². The molecule has 0 saturated heterocycles. The number of pyridine rings is 2. The molecule has 0 aliphatic carbocycles. The minimum atomic E-state index is -0.266. The first-order chi connectivity index (χ1) is 8.29. The highest BCUT2D eigenvalue weighted by molar-refractivity contribution is 5.72. The molecule has 2 aromatic heterocycles. The third-order valence-electron chi connectivity index (χ3n) is 2.33. The largest absolute Gasteiger partial charge is 0.469 e. The molecule has 2 rings (SSSR count). The van der Waals surface area contributed by atoms with E-state index in [-0.39, 0.29) is 12.4 Å². The summed E-state index contributed by atoms with van der Waals surface area (Å²) in [7, 11) is 1.37. The summed E-state index contributed by atoms with van der Waals surface area (Å²) in [4.78, 5) is 19.5. The van der Waals surface area contributed by atoms with Gasteiger partial charge in [0.25, 0.3) is 0 Å². The van der Waals surface area contributed by atoms with Gasteiger partial charge in [-0.15, -0.1) is 0 Å². The second kappa shape index (κ2) is 5.21. The van der Waals surface area contributed by atoms with Crippen molar-refractivity contribution in [2.75, 3.05) is 7.11 Å². The smallest absolute Gasteiger partial charge is 0.310 e. The second-order valence-corrected chi connectivity index (χ2v) is 3.52. The van der Waals surface area contributed by atoms with E-state index in [2.05, 4.69) is 14.7 Å². The lowest BCUT2D eigenvalue weighted by molar-refractivity contribution is -0.139. The van der Waals surface area contributed by atoms with Gasteiger partial charge in [0.15, 0.2) is 0 Å². The lowest BCUT2D eigenvalue weighted by Gasteiger charge is -2.02. The fraction of sp³-hybridized carbons (Fsp3) is 0.154. The zero-order chi connectivity index (χ0) is 12.1. The average Bonchev–Trinajstić information content (AvgIpc) is 2.40. The maximum absolute atomic E-state index is 11.1. The highest BCUT2D eigenvalue weighted by Crippen LogP contribution is 2.13. The van der Waals surface area contributed by atoms with Crippen molar-refractivity contribution < 1.29 is 9.53 Å². The van der Waals surface area contributed by atoms with Crippen LogP contribution < -0.4 is 0 Å². The molecule has 0 aliphatic heterocycles. The fourth-order valence-corrected chi connectivity index (χ4v) is 1.43. The number of carbonyl (C=O) groups excluding carboxylic acids is 1. The van der Waals surface area contributed by atoms with E-state index < -0.39 is 0 Å². The maximum atomic E-state index is 11.1. The van der Waals surface area contributed by atoms with Crippen LogP contribution in [0, 0.1) is 0 Å². The molecule has 0 fully saturated rings. The second-order valence-electron chi connectivity index (χ2n) is 3.52. The Bertz CT molecular complexity index is 495. The summed E-state index contributed by atoms with van der Waals surface area (Å²) >= 11 is 0. The molecule has 4 heteroatoms. The van der Waals surface area contributed by atoms with Gasteiger partial charge < -0.3 is 4.74 Å². The van der Waals surface area contributed by atoms with Crippen LogP contribution in [0.1, 0.15) is 5.56 Å². The Hall–Kier alpha value is -2.23. The van der Waals surface area contributed by atoms with Gasteiger partial charge in [0.2, 0.25) is 0 Å². The molecule has 0 aromatic carbocycles. The molecule has 0 atom stereocenters. The molecule has 0 saturated carbocycles. The van der Waals surface area contributed by atoms with Crippen molar-refractivity contribution >= 4 is 5.97 Å². The van der Waals surface area contributed by atoms with Gasteiger partial charge in [-0.05, 0) is 23.8 Å². The third-order valence-corrected chi connectivity index (χ3v) is 2.33. The van der Waals surface area contributed by atoms with E-state index in [1.54, 1.807) is 12.4 Å². The molecule has 4 nitrogen and oxygen atoms in total. The summed E-state index contributed by atoms with van der Waals surface area (Å²) in [6.45, 7) is 0. The van der Waals surface area contributed by atoms with Gasteiger partial charge in [-0.3, -0.25) is 14.8 Å². The quantitative estimate of drug-likeness (QED) is 0.752. The number of esters is 1. The number of nitrogens with zero attached hydrogens (tertiary/aromatic N) is 2. The molecule has 17 heavy (non-hydrogen) atoms. The zero-order valence-electron chi connectivity index (χ0n) is 9.46. The molecule has 0 amide bonds. The maximum Gasteiger partial charge on any atom is 0.310 e. The van der Waals surface area contributed by atoms with Crippen LogP contribution in [0.4, 0.5) is 0 Å². The van der Waals surface area contributed by atoms with Gasteiger partial charge in [0.05, 0.1) is 24.9 Å². The van der Waals surface area contributed by atoms with Gasteiger partial charge in [-0.1, -0.05) is 12.1 Å². The number of carbonyl (C=O) groups is 1. The molecule has 0 bridgehead atoms. The Balaban J connectivity index is 2.16.